The lowest BCUT2D eigenvalue weighted by atomic mass is 10.1. The molecule has 1 aliphatic carbocycles. The third-order valence-electron chi connectivity index (χ3n) is 3.48. The summed E-state index contributed by atoms with van der Waals surface area (Å²) in [6, 6.07) is 12.7. The topological polar surface area (TPSA) is 46.5 Å². The van der Waals surface area contributed by atoms with Gasteiger partial charge in [0.25, 0.3) is 0 Å². The summed E-state index contributed by atoms with van der Waals surface area (Å²) in [5.74, 6) is 0.564. The predicted molar refractivity (Wildman–Crippen MR) is 77.1 cm³/mol. The monoisotopic (exact) mass is 266 g/mol. The zero-order valence-corrected chi connectivity index (χ0v) is 11.1. The first-order valence-corrected chi connectivity index (χ1v) is 6.39. The van der Waals surface area contributed by atoms with Crippen molar-refractivity contribution in [1.82, 2.24) is 0 Å². The van der Waals surface area contributed by atoms with Crippen molar-refractivity contribution >= 4 is 11.9 Å². The number of hydrogen-bond donors (Lipinski definition) is 1. The number of allylic oxidation sites excluding steroid dienone is 1. The van der Waals surface area contributed by atoms with Gasteiger partial charge in [0.05, 0.1) is 7.11 Å². The summed E-state index contributed by atoms with van der Waals surface area (Å²) < 4.78 is 5.00. The molecule has 0 aromatic heterocycles. The Morgan fingerprint density at radius 1 is 1.20 bits per heavy atom. The number of phenols is 1. The summed E-state index contributed by atoms with van der Waals surface area (Å²) in [7, 11) is 1.50. The molecule has 0 aliphatic heterocycles. The predicted octanol–water partition coefficient (Wildman–Crippen LogP) is 3.22. The highest BCUT2D eigenvalue weighted by Crippen LogP contribution is 2.30. The Balaban J connectivity index is 1.95. The zero-order valence-electron chi connectivity index (χ0n) is 11.1. The lowest BCUT2D eigenvalue weighted by molar-refractivity contribution is 0.104. The van der Waals surface area contributed by atoms with Crippen LogP contribution >= 0.6 is 0 Å². The van der Waals surface area contributed by atoms with Crippen molar-refractivity contribution in [3.05, 3.63) is 64.7 Å². The van der Waals surface area contributed by atoms with Gasteiger partial charge in [0, 0.05) is 17.6 Å². The van der Waals surface area contributed by atoms with Crippen molar-refractivity contribution < 1.29 is 14.6 Å². The normalized spacial score (nSPS) is 15.4. The first-order chi connectivity index (χ1) is 9.69. The number of phenolic OH excluding ortho intramolecular Hbond substituents is 1. The summed E-state index contributed by atoms with van der Waals surface area (Å²) in [6.07, 6.45) is 2.46. The third kappa shape index (κ3) is 2.07. The number of ketones is 1. The number of benzene rings is 2. The molecule has 0 atom stereocenters. The highest BCUT2D eigenvalue weighted by Gasteiger charge is 2.23. The van der Waals surface area contributed by atoms with E-state index in [9.17, 15) is 9.90 Å². The summed E-state index contributed by atoms with van der Waals surface area (Å²) in [5, 5.41) is 9.77. The molecule has 3 nitrogen and oxygen atoms in total. The number of Topliss-reactive ketones (excluding diaryl/α,β-unsaturated/α-hetero) is 1. The first kappa shape index (κ1) is 12.5. The molecule has 1 N–H and O–H groups in total. The van der Waals surface area contributed by atoms with Gasteiger partial charge in [0.2, 0.25) is 0 Å². The standard InChI is InChI=1S/C17H14O3/c1-20-16-7-6-11(9-15(16)18)8-13-10-12-4-2-3-5-14(12)17(13)19/h2-9,18H,10H2,1H3/b13-8-. The number of carbonyl (C=O) groups excluding carboxylic acids is 1. The van der Waals surface area contributed by atoms with Gasteiger partial charge in [-0.1, -0.05) is 30.3 Å². The van der Waals surface area contributed by atoms with Crippen molar-refractivity contribution in [1.29, 1.82) is 0 Å². The Labute approximate surface area is 117 Å². The molecule has 2 aromatic rings. The molecule has 0 saturated carbocycles. The van der Waals surface area contributed by atoms with Crippen LogP contribution in [0.4, 0.5) is 0 Å². The van der Waals surface area contributed by atoms with Crippen molar-refractivity contribution in [2.45, 2.75) is 6.42 Å². The maximum absolute atomic E-state index is 12.3. The largest absolute Gasteiger partial charge is 0.504 e. The molecule has 0 unspecified atom stereocenters. The quantitative estimate of drug-likeness (QED) is 0.849. The number of aromatic hydroxyl groups is 1. The maximum Gasteiger partial charge on any atom is 0.189 e. The molecule has 1 aliphatic rings. The van der Waals surface area contributed by atoms with Crippen molar-refractivity contribution in [2.75, 3.05) is 7.11 Å². The van der Waals surface area contributed by atoms with Gasteiger partial charge in [-0.3, -0.25) is 4.79 Å². The molecular formula is C17H14O3. The Morgan fingerprint density at radius 2 is 2.00 bits per heavy atom. The highest BCUT2D eigenvalue weighted by atomic mass is 16.5. The molecule has 0 saturated heterocycles. The summed E-state index contributed by atoms with van der Waals surface area (Å²) in [6.45, 7) is 0. The lowest BCUT2D eigenvalue weighted by Crippen LogP contribution is -1.95. The second kappa shape index (κ2) is 4.85. The SMILES string of the molecule is COc1ccc(/C=C2/Cc3ccccc3C2=O)cc1O. The van der Waals surface area contributed by atoms with Gasteiger partial charge in [-0.05, 0) is 29.3 Å². The van der Waals surface area contributed by atoms with E-state index in [2.05, 4.69) is 0 Å². The van der Waals surface area contributed by atoms with E-state index in [1.54, 1.807) is 12.1 Å². The molecule has 0 heterocycles. The lowest BCUT2D eigenvalue weighted by Gasteiger charge is -2.04. The summed E-state index contributed by atoms with van der Waals surface area (Å²) >= 11 is 0. The van der Waals surface area contributed by atoms with E-state index >= 15 is 0 Å². The second-order valence-corrected chi connectivity index (χ2v) is 4.76. The van der Waals surface area contributed by atoms with Crippen molar-refractivity contribution in [2.24, 2.45) is 0 Å². The average molecular weight is 266 g/mol. The van der Waals surface area contributed by atoms with Crippen LogP contribution in [0.2, 0.25) is 0 Å². The fourth-order valence-corrected chi connectivity index (χ4v) is 2.47. The van der Waals surface area contributed by atoms with E-state index in [1.807, 2.05) is 36.4 Å². The number of fused-ring (bicyclic) bond motifs is 1. The fourth-order valence-electron chi connectivity index (χ4n) is 2.47. The van der Waals surface area contributed by atoms with Crippen LogP contribution in [0.15, 0.2) is 48.0 Å². The van der Waals surface area contributed by atoms with Crippen LogP contribution in [-0.2, 0) is 6.42 Å². The van der Waals surface area contributed by atoms with Crippen LogP contribution in [0.1, 0.15) is 21.5 Å². The van der Waals surface area contributed by atoms with E-state index in [1.165, 1.54) is 7.11 Å². The van der Waals surface area contributed by atoms with E-state index < -0.39 is 0 Å². The molecule has 0 spiro atoms. The van der Waals surface area contributed by atoms with Crippen LogP contribution in [0.25, 0.3) is 6.08 Å². The molecule has 0 bridgehead atoms. The molecule has 3 rings (SSSR count). The van der Waals surface area contributed by atoms with Crippen molar-refractivity contribution in [3.8, 4) is 11.5 Å². The average Bonchev–Trinajstić information content (AvgIpc) is 2.76. The molecule has 100 valence electrons. The van der Waals surface area contributed by atoms with Crippen LogP contribution in [0, 0.1) is 0 Å². The van der Waals surface area contributed by atoms with Gasteiger partial charge in [-0.25, -0.2) is 0 Å². The molecule has 0 amide bonds. The third-order valence-corrected chi connectivity index (χ3v) is 3.48. The van der Waals surface area contributed by atoms with Gasteiger partial charge >= 0.3 is 0 Å². The van der Waals surface area contributed by atoms with Gasteiger partial charge in [-0.15, -0.1) is 0 Å². The number of carbonyl (C=O) groups is 1. The summed E-state index contributed by atoms with van der Waals surface area (Å²) in [4.78, 5) is 12.3. The maximum atomic E-state index is 12.3. The van der Waals surface area contributed by atoms with E-state index in [4.69, 9.17) is 4.74 Å². The van der Waals surface area contributed by atoms with Gasteiger partial charge in [0.1, 0.15) is 0 Å². The molecule has 2 aromatic carbocycles. The van der Waals surface area contributed by atoms with Gasteiger partial charge in [0.15, 0.2) is 17.3 Å². The minimum atomic E-state index is 0.0657. The smallest absolute Gasteiger partial charge is 0.189 e. The van der Waals surface area contributed by atoms with Gasteiger partial charge < -0.3 is 9.84 Å². The minimum absolute atomic E-state index is 0.0657. The molecule has 3 heteroatoms. The van der Waals surface area contributed by atoms with E-state index in [0.717, 1.165) is 22.3 Å². The number of rotatable bonds is 2. The highest BCUT2D eigenvalue weighted by molar-refractivity contribution is 6.15. The number of ether oxygens (including phenoxy) is 1. The molecule has 0 radical (unpaired) electrons. The van der Waals surface area contributed by atoms with Crippen LogP contribution in [0.5, 0.6) is 11.5 Å². The fraction of sp³-hybridized carbons (Fsp3) is 0.118. The summed E-state index contributed by atoms with van der Waals surface area (Å²) in [5.41, 5.74) is 3.37. The van der Waals surface area contributed by atoms with Crippen molar-refractivity contribution in [3.63, 3.8) is 0 Å². The zero-order chi connectivity index (χ0) is 14.1. The second-order valence-electron chi connectivity index (χ2n) is 4.76. The van der Waals surface area contributed by atoms with E-state index in [-0.39, 0.29) is 11.5 Å². The number of methoxy groups -OCH3 is 1. The molecule has 0 fully saturated rings. The van der Waals surface area contributed by atoms with Crippen LogP contribution in [0.3, 0.4) is 0 Å². The first-order valence-electron chi connectivity index (χ1n) is 6.39. The molecule has 20 heavy (non-hydrogen) atoms. The Morgan fingerprint density at radius 3 is 2.70 bits per heavy atom. The number of hydrogen-bond acceptors (Lipinski definition) is 3. The van der Waals surface area contributed by atoms with Crippen LogP contribution in [-0.4, -0.2) is 18.0 Å². The molecular weight excluding hydrogens is 252 g/mol. The Kier molecular flexibility index (Phi) is 3.03. The van der Waals surface area contributed by atoms with Crippen LogP contribution < -0.4 is 4.74 Å². The Bertz CT molecular complexity index is 714. The minimum Gasteiger partial charge on any atom is -0.504 e. The Hall–Kier alpha value is -2.55. The van der Waals surface area contributed by atoms with E-state index in [0.29, 0.717) is 12.2 Å². The van der Waals surface area contributed by atoms with Gasteiger partial charge in [-0.2, -0.15) is 0 Å².